The third-order valence-corrected chi connectivity index (χ3v) is 5.05. The Kier molecular flexibility index (Phi) is 6.42. The normalized spacial score (nSPS) is 12.4. The molecule has 0 aliphatic rings. The molecule has 2 aromatic heterocycles. The van der Waals surface area contributed by atoms with Crippen LogP contribution in [-0.2, 0) is 17.9 Å². The van der Waals surface area contributed by atoms with E-state index in [1.165, 1.54) is 0 Å². The average Bonchev–Trinajstić information content (AvgIpc) is 3.02. The first-order chi connectivity index (χ1) is 13.5. The Morgan fingerprint density at radius 1 is 1.36 bits per heavy atom. The van der Waals surface area contributed by atoms with Crippen molar-refractivity contribution in [2.75, 3.05) is 18.6 Å². The van der Waals surface area contributed by atoms with Crippen LogP contribution in [0.3, 0.4) is 0 Å². The van der Waals surface area contributed by atoms with E-state index < -0.39 is 0 Å². The molecule has 0 fully saturated rings. The standard InChI is InChI=1S/C22H28N4OS/c1-6-15(13-28-5)16-8-9-17-18(10-16)24-22(23)20-21(17)26(11-14(3)4)19(25-20)12-27-7-2/h6,8-10,13-14H,1,7,11-12H2,2-5H3,(H2,23,24)/b15-13+. The third-order valence-electron chi connectivity index (χ3n) is 4.56. The van der Waals surface area contributed by atoms with E-state index in [1.807, 2.05) is 19.3 Å². The van der Waals surface area contributed by atoms with Gasteiger partial charge in [-0.15, -0.1) is 11.8 Å². The third kappa shape index (κ3) is 3.93. The zero-order valence-corrected chi connectivity index (χ0v) is 17.8. The van der Waals surface area contributed by atoms with Crippen LogP contribution in [-0.4, -0.2) is 27.4 Å². The molecule has 0 amide bonds. The van der Waals surface area contributed by atoms with Crippen LogP contribution in [0.2, 0.25) is 0 Å². The van der Waals surface area contributed by atoms with Crippen LogP contribution >= 0.6 is 11.8 Å². The summed E-state index contributed by atoms with van der Waals surface area (Å²) in [5.74, 6) is 1.82. The molecule has 28 heavy (non-hydrogen) atoms. The van der Waals surface area contributed by atoms with Gasteiger partial charge in [0.15, 0.2) is 5.82 Å². The molecule has 0 saturated heterocycles. The highest BCUT2D eigenvalue weighted by Crippen LogP contribution is 2.32. The lowest BCUT2D eigenvalue weighted by molar-refractivity contribution is 0.125. The number of fused-ring (bicyclic) bond motifs is 3. The number of benzene rings is 1. The van der Waals surface area contributed by atoms with E-state index in [9.17, 15) is 0 Å². The maximum Gasteiger partial charge on any atom is 0.152 e. The van der Waals surface area contributed by atoms with E-state index in [2.05, 4.69) is 53.6 Å². The molecule has 6 heteroatoms. The Bertz CT molecular complexity index is 1040. The molecule has 1 aromatic carbocycles. The van der Waals surface area contributed by atoms with Crippen LogP contribution in [0, 0.1) is 5.92 Å². The molecule has 0 atom stereocenters. The van der Waals surface area contributed by atoms with Crippen LogP contribution < -0.4 is 5.73 Å². The molecule has 0 unspecified atom stereocenters. The first-order valence-electron chi connectivity index (χ1n) is 9.52. The molecule has 2 heterocycles. The van der Waals surface area contributed by atoms with Crippen LogP contribution in [0.25, 0.3) is 27.5 Å². The molecule has 3 aromatic rings. The summed E-state index contributed by atoms with van der Waals surface area (Å²) in [4.78, 5) is 9.42. The van der Waals surface area contributed by atoms with Gasteiger partial charge < -0.3 is 15.0 Å². The summed E-state index contributed by atoms with van der Waals surface area (Å²) in [6.07, 6.45) is 3.90. The van der Waals surface area contributed by atoms with E-state index in [-0.39, 0.29) is 0 Å². The highest BCUT2D eigenvalue weighted by Gasteiger charge is 2.18. The number of anilines is 1. The predicted molar refractivity (Wildman–Crippen MR) is 121 cm³/mol. The first-order valence-corrected chi connectivity index (χ1v) is 10.8. The van der Waals surface area contributed by atoms with Gasteiger partial charge in [0.2, 0.25) is 0 Å². The number of aromatic nitrogens is 3. The Hall–Kier alpha value is -2.31. The van der Waals surface area contributed by atoms with Crippen molar-refractivity contribution < 1.29 is 4.74 Å². The van der Waals surface area contributed by atoms with E-state index >= 15 is 0 Å². The molecule has 3 rings (SSSR count). The maximum absolute atomic E-state index is 6.31. The van der Waals surface area contributed by atoms with Crippen LogP contribution in [0.1, 0.15) is 32.2 Å². The Labute approximate surface area is 170 Å². The van der Waals surface area contributed by atoms with Crippen molar-refractivity contribution in [1.29, 1.82) is 0 Å². The summed E-state index contributed by atoms with van der Waals surface area (Å²) in [6.45, 7) is 12.3. The van der Waals surface area contributed by atoms with Crippen molar-refractivity contribution in [3.63, 3.8) is 0 Å². The summed E-state index contributed by atoms with van der Waals surface area (Å²) < 4.78 is 7.89. The Morgan fingerprint density at radius 2 is 2.14 bits per heavy atom. The lowest BCUT2D eigenvalue weighted by Crippen LogP contribution is -2.10. The Balaban J connectivity index is 2.28. The number of rotatable bonds is 8. The lowest BCUT2D eigenvalue weighted by atomic mass is 10.0. The highest BCUT2D eigenvalue weighted by atomic mass is 32.2. The highest BCUT2D eigenvalue weighted by molar-refractivity contribution is 8.01. The molecule has 0 spiro atoms. The van der Waals surface area contributed by atoms with Gasteiger partial charge in [-0.2, -0.15) is 0 Å². The smallest absolute Gasteiger partial charge is 0.152 e. The number of nitrogens with zero attached hydrogens (tertiary/aromatic N) is 3. The number of ether oxygens (including phenoxy) is 1. The number of hydrogen-bond donors (Lipinski definition) is 1. The summed E-state index contributed by atoms with van der Waals surface area (Å²) >= 11 is 1.65. The number of nitrogens with two attached hydrogens (primary N) is 1. The first kappa shape index (κ1) is 20.4. The van der Waals surface area contributed by atoms with Gasteiger partial charge in [-0.25, -0.2) is 9.97 Å². The average molecular weight is 397 g/mol. The van der Waals surface area contributed by atoms with Gasteiger partial charge in [-0.3, -0.25) is 0 Å². The maximum atomic E-state index is 6.31. The van der Waals surface area contributed by atoms with Crippen LogP contribution in [0.4, 0.5) is 5.82 Å². The molecular formula is C22H28N4OS. The summed E-state index contributed by atoms with van der Waals surface area (Å²) in [5, 5.41) is 3.13. The number of imidazole rings is 1. The number of nitrogen functional groups attached to an aromatic ring is 1. The molecule has 0 radical (unpaired) electrons. The summed E-state index contributed by atoms with van der Waals surface area (Å²) in [7, 11) is 0. The second-order valence-corrected chi connectivity index (χ2v) is 7.82. The van der Waals surface area contributed by atoms with Gasteiger partial charge in [-0.05, 0) is 41.7 Å². The minimum absolute atomic E-state index is 0.453. The van der Waals surface area contributed by atoms with Crippen molar-refractivity contribution in [3.05, 3.63) is 47.6 Å². The van der Waals surface area contributed by atoms with Crippen molar-refractivity contribution in [2.24, 2.45) is 5.92 Å². The van der Waals surface area contributed by atoms with Crippen LogP contribution in [0.5, 0.6) is 0 Å². The van der Waals surface area contributed by atoms with Crippen molar-refractivity contribution in [2.45, 2.75) is 33.9 Å². The minimum Gasteiger partial charge on any atom is -0.382 e. The molecule has 148 valence electrons. The van der Waals surface area contributed by atoms with Gasteiger partial charge in [-0.1, -0.05) is 38.6 Å². The number of allylic oxidation sites excluding steroid dienone is 2. The summed E-state index contributed by atoms with van der Waals surface area (Å²) in [6, 6.07) is 6.29. The quantitative estimate of drug-likeness (QED) is 0.527. The monoisotopic (exact) mass is 396 g/mol. The van der Waals surface area contributed by atoms with Gasteiger partial charge in [0.1, 0.15) is 17.9 Å². The number of hydrogen-bond acceptors (Lipinski definition) is 5. The van der Waals surface area contributed by atoms with Crippen molar-refractivity contribution >= 4 is 45.1 Å². The second kappa shape index (κ2) is 8.80. The zero-order valence-electron chi connectivity index (χ0n) is 17.0. The van der Waals surface area contributed by atoms with E-state index in [4.69, 9.17) is 15.5 Å². The fraction of sp³-hybridized carbons (Fsp3) is 0.364. The second-order valence-electron chi connectivity index (χ2n) is 7.11. The van der Waals surface area contributed by atoms with Crippen LogP contribution in [0.15, 0.2) is 36.3 Å². The van der Waals surface area contributed by atoms with E-state index in [0.29, 0.717) is 24.9 Å². The van der Waals surface area contributed by atoms with Crippen molar-refractivity contribution in [3.8, 4) is 0 Å². The molecule has 0 bridgehead atoms. The molecule has 5 nitrogen and oxygen atoms in total. The number of pyridine rings is 1. The van der Waals surface area contributed by atoms with Gasteiger partial charge >= 0.3 is 0 Å². The molecule has 0 aliphatic carbocycles. The fourth-order valence-electron chi connectivity index (χ4n) is 3.36. The van der Waals surface area contributed by atoms with Gasteiger partial charge in [0, 0.05) is 18.5 Å². The SMILES string of the molecule is C=C/C(=C\SC)c1ccc2c(c1)nc(N)c1nc(COCC)n(CC(C)C)c12. The van der Waals surface area contributed by atoms with Gasteiger partial charge in [0.05, 0.1) is 11.0 Å². The van der Waals surface area contributed by atoms with E-state index in [1.54, 1.807) is 11.8 Å². The molecular weight excluding hydrogens is 368 g/mol. The van der Waals surface area contributed by atoms with Crippen molar-refractivity contribution in [1.82, 2.24) is 14.5 Å². The zero-order chi connectivity index (χ0) is 20.3. The Morgan fingerprint density at radius 3 is 2.79 bits per heavy atom. The largest absolute Gasteiger partial charge is 0.382 e. The predicted octanol–water partition coefficient (Wildman–Crippen LogP) is 5.25. The van der Waals surface area contributed by atoms with Gasteiger partial charge in [0.25, 0.3) is 0 Å². The van der Waals surface area contributed by atoms with E-state index in [0.717, 1.165) is 45.4 Å². The topological polar surface area (TPSA) is 66.0 Å². The summed E-state index contributed by atoms with van der Waals surface area (Å²) in [5.41, 5.74) is 11.1. The lowest BCUT2D eigenvalue weighted by Gasteiger charge is -2.13. The number of thioether (sulfide) groups is 1. The molecule has 0 saturated carbocycles. The molecule has 0 aliphatic heterocycles. The minimum atomic E-state index is 0.453. The molecule has 2 N–H and O–H groups in total. The fourth-order valence-corrected chi connectivity index (χ4v) is 3.85.